The SMILES string of the molecule is Cc1cccc(CN2CCC(CC(C)C(=O)O)CC2)c1. The van der Waals surface area contributed by atoms with Crippen molar-refractivity contribution in [3.63, 3.8) is 0 Å². The number of hydrogen-bond acceptors (Lipinski definition) is 2. The second kappa shape index (κ2) is 6.89. The molecule has 0 spiro atoms. The van der Waals surface area contributed by atoms with Crippen molar-refractivity contribution in [1.29, 1.82) is 0 Å². The first kappa shape index (κ1) is 15.0. The molecule has 0 radical (unpaired) electrons. The standard InChI is InChI=1S/C17H25NO2/c1-13-4-3-5-16(10-13)12-18-8-6-15(7-9-18)11-14(2)17(19)20/h3-5,10,14-15H,6-9,11-12H2,1-2H3,(H,19,20). The Balaban J connectivity index is 1.78. The van der Waals surface area contributed by atoms with E-state index < -0.39 is 5.97 Å². The number of likely N-dealkylation sites (tertiary alicyclic amines) is 1. The van der Waals surface area contributed by atoms with Crippen molar-refractivity contribution in [2.45, 2.75) is 39.7 Å². The molecule has 1 heterocycles. The van der Waals surface area contributed by atoms with Crippen LogP contribution < -0.4 is 0 Å². The minimum atomic E-state index is -0.660. The van der Waals surface area contributed by atoms with Crippen molar-refractivity contribution in [1.82, 2.24) is 4.90 Å². The molecule has 1 unspecified atom stereocenters. The fourth-order valence-electron chi connectivity index (χ4n) is 3.05. The Bertz CT molecular complexity index is 450. The summed E-state index contributed by atoms with van der Waals surface area (Å²) in [6.07, 6.45) is 3.08. The number of aliphatic carboxylic acids is 1. The van der Waals surface area contributed by atoms with Gasteiger partial charge in [0.25, 0.3) is 0 Å². The number of carboxylic acid groups (broad SMARTS) is 1. The third-order valence-corrected chi connectivity index (χ3v) is 4.30. The van der Waals surface area contributed by atoms with Gasteiger partial charge in [-0.05, 0) is 50.8 Å². The van der Waals surface area contributed by atoms with E-state index in [0.717, 1.165) is 38.9 Å². The van der Waals surface area contributed by atoms with Gasteiger partial charge in [0.15, 0.2) is 0 Å². The average molecular weight is 275 g/mol. The van der Waals surface area contributed by atoms with Crippen molar-refractivity contribution in [2.75, 3.05) is 13.1 Å². The first-order valence-corrected chi connectivity index (χ1v) is 7.55. The largest absolute Gasteiger partial charge is 0.481 e. The topological polar surface area (TPSA) is 40.5 Å². The lowest BCUT2D eigenvalue weighted by Gasteiger charge is -2.32. The Labute approximate surface area is 121 Å². The molecule has 1 N–H and O–H groups in total. The highest BCUT2D eigenvalue weighted by Gasteiger charge is 2.23. The monoisotopic (exact) mass is 275 g/mol. The average Bonchev–Trinajstić information content (AvgIpc) is 2.41. The predicted octanol–water partition coefficient (Wildman–Crippen LogP) is 3.32. The van der Waals surface area contributed by atoms with Gasteiger partial charge in [0.1, 0.15) is 0 Å². The van der Waals surface area contributed by atoms with E-state index in [2.05, 4.69) is 36.1 Å². The van der Waals surface area contributed by atoms with Gasteiger partial charge in [-0.2, -0.15) is 0 Å². The van der Waals surface area contributed by atoms with E-state index in [-0.39, 0.29) is 5.92 Å². The number of carbonyl (C=O) groups is 1. The van der Waals surface area contributed by atoms with Gasteiger partial charge in [0.2, 0.25) is 0 Å². The summed E-state index contributed by atoms with van der Waals surface area (Å²) < 4.78 is 0. The van der Waals surface area contributed by atoms with Crippen LogP contribution in [0.3, 0.4) is 0 Å². The molecule has 1 aromatic rings. The molecule has 1 aliphatic heterocycles. The van der Waals surface area contributed by atoms with E-state index in [1.54, 1.807) is 0 Å². The number of carboxylic acids is 1. The van der Waals surface area contributed by atoms with Crippen molar-refractivity contribution >= 4 is 5.97 Å². The zero-order valence-corrected chi connectivity index (χ0v) is 12.5. The molecule has 0 aromatic heterocycles. The van der Waals surface area contributed by atoms with Gasteiger partial charge in [0, 0.05) is 6.54 Å². The molecule has 3 nitrogen and oxygen atoms in total. The van der Waals surface area contributed by atoms with Gasteiger partial charge in [-0.25, -0.2) is 0 Å². The van der Waals surface area contributed by atoms with E-state index in [1.165, 1.54) is 11.1 Å². The van der Waals surface area contributed by atoms with Crippen LogP contribution in [-0.4, -0.2) is 29.1 Å². The lowest BCUT2D eigenvalue weighted by molar-refractivity contribution is -0.141. The highest BCUT2D eigenvalue weighted by atomic mass is 16.4. The van der Waals surface area contributed by atoms with Crippen LogP contribution in [0.2, 0.25) is 0 Å². The molecule has 110 valence electrons. The minimum Gasteiger partial charge on any atom is -0.481 e. The van der Waals surface area contributed by atoms with E-state index in [1.807, 2.05) is 6.92 Å². The number of rotatable bonds is 5. The number of benzene rings is 1. The Morgan fingerprint density at radius 3 is 2.70 bits per heavy atom. The van der Waals surface area contributed by atoms with E-state index in [4.69, 9.17) is 5.11 Å². The molecule has 1 aromatic carbocycles. The van der Waals surface area contributed by atoms with Gasteiger partial charge in [-0.1, -0.05) is 36.8 Å². The van der Waals surface area contributed by atoms with Crippen LogP contribution >= 0.6 is 0 Å². The zero-order chi connectivity index (χ0) is 14.5. The number of nitrogens with zero attached hydrogens (tertiary/aromatic N) is 1. The van der Waals surface area contributed by atoms with Crippen LogP contribution in [0.5, 0.6) is 0 Å². The molecule has 20 heavy (non-hydrogen) atoms. The molecular weight excluding hydrogens is 250 g/mol. The Morgan fingerprint density at radius 1 is 1.40 bits per heavy atom. The van der Waals surface area contributed by atoms with Gasteiger partial charge in [-0.3, -0.25) is 9.69 Å². The molecular formula is C17H25NO2. The normalized spacial score (nSPS) is 18.9. The van der Waals surface area contributed by atoms with Crippen LogP contribution in [0.25, 0.3) is 0 Å². The van der Waals surface area contributed by atoms with Crippen molar-refractivity contribution in [3.05, 3.63) is 35.4 Å². The minimum absolute atomic E-state index is 0.205. The Morgan fingerprint density at radius 2 is 2.10 bits per heavy atom. The van der Waals surface area contributed by atoms with E-state index >= 15 is 0 Å². The summed E-state index contributed by atoms with van der Waals surface area (Å²) >= 11 is 0. The Kier molecular flexibility index (Phi) is 5.18. The fourth-order valence-corrected chi connectivity index (χ4v) is 3.05. The summed E-state index contributed by atoms with van der Waals surface area (Å²) in [5, 5.41) is 8.98. The highest BCUT2D eigenvalue weighted by molar-refractivity contribution is 5.69. The lowest BCUT2D eigenvalue weighted by Crippen LogP contribution is -2.34. The molecule has 0 saturated carbocycles. The summed E-state index contributed by atoms with van der Waals surface area (Å²) in [7, 11) is 0. The number of hydrogen-bond donors (Lipinski definition) is 1. The second-order valence-electron chi connectivity index (χ2n) is 6.18. The quantitative estimate of drug-likeness (QED) is 0.896. The molecule has 1 saturated heterocycles. The molecule has 3 heteroatoms. The lowest BCUT2D eigenvalue weighted by atomic mass is 9.88. The van der Waals surface area contributed by atoms with Crippen LogP contribution in [-0.2, 0) is 11.3 Å². The summed E-state index contributed by atoms with van der Waals surface area (Å²) in [5.41, 5.74) is 2.69. The fraction of sp³-hybridized carbons (Fsp3) is 0.588. The maximum Gasteiger partial charge on any atom is 0.306 e. The van der Waals surface area contributed by atoms with E-state index in [9.17, 15) is 4.79 Å². The van der Waals surface area contributed by atoms with E-state index in [0.29, 0.717) is 5.92 Å². The van der Waals surface area contributed by atoms with Gasteiger partial charge in [0.05, 0.1) is 5.92 Å². The van der Waals surface area contributed by atoms with Gasteiger partial charge in [-0.15, -0.1) is 0 Å². The second-order valence-corrected chi connectivity index (χ2v) is 6.18. The highest BCUT2D eigenvalue weighted by Crippen LogP contribution is 2.25. The summed E-state index contributed by atoms with van der Waals surface area (Å²) in [4.78, 5) is 13.4. The molecule has 1 atom stereocenters. The molecule has 0 bridgehead atoms. The summed E-state index contributed by atoms with van der Waals surface area (Å²) in [5.74, 6) is -0.287. The summed E-state index contributed by atoms with van der Waals surface area (Å²) in [6, 6.07) is 8.68. The third-order valence-electron chi connectivity index (χ3n) is 4.30. The molecule has 0 aliphatic carbocycles. The number of piperidine rings is 1. The van der Waals surface area contributed by atoms with Crippen LogP contribution in [0.1, 0.15) is 37.3 Å². The Hall–Kier alpha value is -1.35. The zero-order valence-electron chi connectivity index (χ0n) is 12.5. The summed E-state index contributed by atoms with van der Waals surface area (Å²) in [6.45, 7) is 7.14. The smallest absolute Gasteiger partial charge is 0.306 e. The first-order chi connectivity index (χ1) is 9.54. The molecule has 1 fully saturated rings. The molecule has 2 rings (SSSR count). The van der Waals surface area contributed by atoms with Crippen LogP contribution in [0, 0.1) is 18.8 Å². The van der Waals surface area contributed by atoms with Crippen molar-refractivity contribution in [2.24, 2.45) is 11.8 Å². The van der Waals surface area contributed by atoms with Gasteiger partial charge < -0.3 is 5.11 Å². The van der Waals surface area contributed by atoms with Crippen LogP contribution in [0.4, 0.5) is 0 Å². The predicted molar refractivity (Wildman–Crippen MR) is 80.6 cm³/mol. The maximum absolute atomic E-state index is 10.9. The first-order valence-electron chi connectivity index (χ1n) is 7.55. The van der Waals surface area contributed by atoms with Crippen molar-refractivity contribution in [3.8, 4) is 0 Å². The maximum atomic E-state index is 10.9. The third kappa shape index (κ3) is 4.34. The van der Waals surface area contributed by atoms with Crippen molar-refractivity contribution < 1.29 is 9.90 Å². The molecule has 0 amide bonds. The van der Waals surface area contributed by atoms with Crippen LogP contribution in [0.15, 0.2) is 24.3 Å². The number of aryl methyl sites for hydroxylation is 1. The van der Waals surface area contributed by atoms with Gasteiger partial charge >= 0.3 is 5.97 Å². The molecule has 1 aliphatic rings.